The average Bonchev–Trinajstić information content (AvgIpc) is 2.16. The van der Waals surface area contributed by atoms with Gasteiger partial charge in [-0.2, -0.15) is 0 Å². The molecule has 1 aromatic heterocycles. The normalized spacial score (nSPS) is 12.8. The molecule has 0 bridgehead atoms. The predicted molar refractivity (Wildman–Crippen MR) is 56.2 cm³/mol. The third-order valence-corrected chi connectivity index (χ3v) is 3.39. The van der Waals surface area contributed by atoms with E-state index < -0.39 is 0 Å². The zero-order valence-electron chi connectivity index (χ0n) is 7.40. The van der Waals surface area contributed by atoms with Crippen LogP contribution in [0.1, 0.15) is 6.92 Å². The van der Waals surface area contributed by atoms with Crippen molar-refractivity contribution in [3.63, 3.8) is 0 Å². The van der Waals surface area contributed by atoms with Crippen molar-refractivity contribution in [2.24, 2.45) is 5.92 Å². The van der Waals surface area contributed by atoms with E-state index in [4.69, 9.17) is 16.7 Å². The van der Waals surface area contributed by atoms with Gasteiger partial charge in [-0.25, -0.2) is 0 Å². The van der Waals surface area contributed by atoms with Gasteiger partial charge in [-0.3, -0.25) is 4.98 Å². The van der Waals surface area contributed by atoms with Crippen molar-refractivity contribution in [3.05, 3.63) is 23.5 Å². The molecule has 1 N–H and O–H groups in total. The SMILES string of the molecule is CC(CO)CSc1ccncc1Cl. The average molecular weight is 218 g/mol. The van der Waals surface area contributed by atoms with E-state index in [-0.39, 0.29) is 6.61 Å². The van der Waals surface area contributed by atoms with Crippen molar-refractivity contribution in [1.29, 1.82) is 0 Å². The molecule has 0 aliphatic heterocycles. The maximum Gasteiger partial charge on any atom is 0.0725 e. The fourth-order valence-electron chi connectivity index (χ4n) is 0.764. The molecule has 1 rings (SSSR count). The smallest absolute Gasteiger partial charge is 0.0725 e. The summed E-state index contributed by atoms with van der Waals surface area (Å²) in [5.41, 5.74) is 0. The monoisotopic (exact) mass is 217 g/mol. The number of hydrogen-bond donors (Lipinski definition) is 1. The summed E-state index contributed by atoms with van der Waals surface area (Å²) in [4.78, 5) is 4.92. The minimum atomic E-state index is 0.218. The fraction of sp³-hybridized carbons (Fsp3) is 0.444. The molecule has 4 heteroatoms. The summed E-state index contributed by atoms with van der Waals surface area (Å²) in [5.74, 6) is 1.18. The Bertz CT molecular complexity index is 270. The van der Waals surface area contributed by atoms with Gasteiger partial charge in [-0.1, -0.05) is 18.5 Å². The van der Waals surface area contributed by atoms with Gasteiger partial charge in [0, 0.05) is 29.6 Å². The lowest BCUT2D eigenvalue weighted by atomic mass is 10.2. The Morgan fingerprint density at radius 3 is 3.08 bits per heavy atom. The van der Waals surface area contributed by atoms with E-state index in [0.29, 0.717) is 10.9 Å². The van der Waals surface area contributed by atoms with Crippen molar-refractivity contribution >= 4 is 23.4 Å². The maximum atomic E-state index is 8.82. The number of hydrogen-bond acceptors (Lipinski definition) is 3. The largest absolute Gasteiger partial charge is 0.396 e. The van der Waals surface area contributed by atoms with Crippen LogP contribution in [-0.2, 0) is 0 Å². The third kappa shape index (κ3) is 3.55. The van der Waals surface area contributed by atoms with Crippen LogP contribution >= 0.6 is 23.4 Å². The zero-order valence-corrected chi connectivity index (χ0v) is 8.98. The van der Waals surface area contributed by atoms with E-state index in [0.717, 1.165) is 10.6 Å². The van der Waals surface area contributed by atoms with Crippen LogP contribution in [0.5, 0.6) is 0 Å². The Hall–Kier alpha value is -0.250. The van der Waals surface area contributed by atoms with Crippen LogP contribution in [0.4, 0.5) is 0 Å². The zero-order chi connectivity index (χ0) is 9.68. The summed E-state index contributed by atoms with van der Waals surface area (Å²) in [6.45, 7) is 2.22. The number of pyridine rings is 1. The second kappa shape index (κ2) is 5.47. The molecule has 0 amide bonds. The number of aromatic nitrogens is 1. The molecule has 0 saturated heterocycles. The highest BCUT2D eigenvalue weighted by Crippen LogP contribution is 2.26. The highest BCUT2D eigenvalue weighted by Gasteiger charge is 2.03. The molecule has 2 nitrogen and oxygen atoms in total. The van der Waals surface area contributed by atoms with E-state index in [1.54, 1.807) is 24.2 Å². The van der Waals surface area contributed by atoms with Gasteiger partial charge < -0.3 is 5.11 Å². The van der Waals surface area contributed by atoms with Gasteiger partial charge in [0.25, 0.3) is 0 Å². The number of thioether (sulfide) groups is 1. The van der Waals surface area contributed by atoms with Crippen molar-refractivity contribution in [1.82, 2.24) is 4.98 Å². The van der Waals surface area contributed by atoms with Gasteiger partial charge in [-0.05, 0) is 12.0 Å². The van der Waals surface area contributed by atoms with Crippen LogP contribution in [0.3, 0.4) is 0 Å². The van der Waals surface area contributed by atoms with Gasteiger partial charge in [0.05, 0.1) is 5.02 Å². The van der Waals surface area contributed by atoms with Gasteiger partial charge >= 0.3 is 0 Å². The van der Waals surface area contributed by atoms with Gasteiger partial charge in [0.15, 0.2) is 0 Å². The fourth-order valence-corrected chi connectivity index (χ4v) is 1.96. The number of rotatable bonds is 4. The first kappa shape index (κ1) is 10.8. The van der Waals surface area contributed by atoms with E-state index in [2.05, 4.69) is 4.98 Å². The van der Waals surface area contributed by atoms with E-state index >= 15 is 0 Å². The molecule has 1 aromatic rings. The highest BCUT2D eigenvalue weighted by atomic mass is 35.5. The van der Waals surface area contributed by atoms with Crippen LogP contribution in [-0.4, -0.2) is 22.5 Å². The minimum absolute atomic E-state index is 0.218. The standard InChI is InChI=1S/C9H12ClNOS/c1-7(5-12)6-13-9-2-3-11-4-8(9)10/h2-4,7,12H,5-6H2,1H3. The Morgan fingerprint density at radius 2 is 2.46 bits per heavy atom. The lowest BCUT2D eigenvalue weighted by Gasteiger charge is -2.07. The van der Waals surface area contributed by atoms with Crippen LogP contribution in [0.2, 0.25) is 5.02 Å². The lowest BCUT2D eigenvalue weighted by Crippen LogP contribution is -2.03. The second-order valence-electron chi connectivity index (χ2n) is 2.90. The first-order valence-corrected chi connectivity index (χ1v) is 5.43. The van der Waals surface area contributed by atoms with E-state index in [1.165, 1.54) is 0 Å². The van der Waals surface area contributed by atoms with Crippen LogP contribution in [0, 0.1) is 5.92 Å². The predicted octanol–water partition coefficient (Wildman–Crippen LogP) is 2.46. The summed E-state index contributed by atoms with van der Waals surface area (Å²) in [6, 6.07) is 1.89. The summed E-state index contributed by atoms with van der Waals surface area (Å²) in [6.07, 6.45) is 3.35. The summed E-state index contributed by atoms with van der Waals surface area (Å²) in [7, 11) is 0. The van der Waals surface area contributed by atoms with Crippen LogP contribution in [0.25, 0.3) is 0 Å². The number of nitrogens with zero attached hydrogens (tertiary/aromatic N) is 1. The second-order valence-corrected chi connectivity index (χ2v) is 4.37. The van der Waals surface area contributed by atoms with Crippen molar-refractivity contribution < 1.29 is 5.11 Å². The van der Waals surface area contributed by atoms with Crippen LogP contribution < -0.4 is 0 Å². The summed E-state index contributed by atoms with van der Waals surface area (Å²) >= 11 is 7.55. The maximum absolute atomic E-state index is 8.82. The number of halogens is 1. The van der Waals surface area contributed by atoms with Crippen molar-refractivity contribution in [2.75, 3.05) is 12.4 Å². The van der Waals surface area contributed by atoms with Gasteiger partial charge in [-0.15, -0.1) is 11.8 Å². The quantitative estimate of drug-likeness (QED) is 0.787. The molecular formula is C9H12ClNOS. The van der Waals surface area contributed by atoms with Gasteiger partial charge in [0.1, 0.15) is 0 Å². The molecule has 1 heterocycles. The lowest BCUT2D eigenvalue weighted by molar-refractivity contribution is 0.250. The summed E-state index contributed by atoms with van der Waals surface area (Å²) in [5, 5.41) is 9.50. The Kier molecular flexibility index (Phi) is 4.56. The molecule has 0 saturated carbocycles. The highest BCUT2D eigenvalue weighted by molar-refractivity contribution is 7.99. The molecular weight excluding hydrogens is 206 g/mol. The van der Waals surface area contributed by atoms with Crippen molar-refractivity contribution in [3.8, 4) is 0 Å². The third-order valence-electron chi connectivity index (χ3n) is 1.57. The van der Waals surface area contributed by atoms with Gasteiger partial charge in [0.2, 0.25) is 0 Å². The summed E-state index contributed by atoms with van der Waals surface area (Å²) < 4.78 is 0. The van der Waals surface area contributed by atoms with E-state index in [1.807, 2.05) is 13.0 Å². The molecule has 0 aliphatic carbocycles. The number of aliphatic hydroxyl groups is 1. The molecule has 0 aliphatic rings. The van der Waals surface area contributed by atoms with Crippen LogP contribution in [0.15, 0.2) is 23.4 Å². The van der Waals surface area contributed by atoms with E-state index in [9.17, 15) is 0 Å². The molecule has 1 unspecified atom stereocenters. The molecule has 13 heavy (non-hydrogen) atoms. The van der Waals surface area contributed by atoms with Crippen molar-refractivity contribution in [2.45, 2.75) is 11.8 Å². The molecule has 0 aromatic carbocycles. The first-order chi connectivity index (χ1) is 6.24. The minimum Gasteiger partial charge on any atom is -0.396 e. The Balaban J connectivity index is 2.50. The molecule has 72 valence electrons. The molecule has 1 atom stereocenters. The Morgan fingerprint density at radius 1 is 1.69 bits per heavy atom. The number of aliphatic hydroxyl groups excluding tert-OH is 1. The molecule has 0 spiro atoms. The first-order valence-electron chi connectivity index (χ1n) is 4.07. The molecule has 0 radical (unpaired) electrons. The Labute approximate surface area is 87.3 Å². The molecule has 0 fully saturated rings. The topological polar surface area (TPSA) is 33.1 Å².